The van der Waals surface area contributed by atoms with Gasteiger partial charge in [0.1, 0.15) is 0 Å². The van der Waals surface area contributed by atoms with E-state index in [0.717, 1.165) is 19.4 Å². The van der Waals surface area contributed by atoms with Crippen molar-refractivity contribution in [3.8, 4) is 0 Å². The maximum atomic E-state index is 7.01. The van der Waals surface area contributed by atoms with Gasteiger partial charge in [0.2, 0.25) is 0 Å². The molecule has 0 aromatic heterocycles. The van der Waals surface area contributed by atoms with Gasteiger partial charge in [0.25, 0.3) is 0 Å². The Morgan fingerprint density at radius 2 is 0.643 bits per heavy atom. The summed E-state index contributed by atoms with van der Waals surface area (Å²) < 4.78 is 7.01. The molecule has 0 rings (SSSR count). The van der Waals surface area contributed by atoms with Gasteiger partial charge < -0.3 is 0 Å². The number of hydrogen-bond donors (Lipinski definition) is 4. The van der Waals surface area contributed by atoms with E-state index in [9.17, 15) is 0 Å². The van der Waals surface area contributed by atoms with Crippen LogP contribution in [0.3, 0.4) is 0 Å². The van der Waals surface area contributed by atoms with Crippen molar-refractivity contribution >= 4 is 0 Å². The molecule has 0 heterocycles. The Hall–Kier alpha value is -2.36. The van der Waals surface area contributed by atoms with Gasteiger partial charge in [-0.15, -0.1) is 22.1 Å². The van der Waals surface area contributed by atoms with Gasteiger partial charge in [-0.1, -0.05) is 0 Å². The third kappa shape index (κ3) is 129. The fourth-order valence-electron chi connectivity index (χ4n) is 0. The fourth-order valence-corrected chi connectivity index (χ4v) is 0. The second-order valence-electron chi connectivity index (χ2n) is 0.400. The van der Waals surface area contributed by atoms with E-state index in [1.807, 2.05) is 0 Å². The second kappa shape index (κ2) is 368. The Labute approximate surface area is 87.6 Å². The summed E-state index contributed by atoms with van der Waals surface area (Å²) in [5.41, 5.74) is 49.0. The summed E-state index contributed by atoms with van der Waals surface area (Å²) in [7, 11) is 0. The van der Waals surface area contributed by atoms with Gasteiger partial charge in [0, 0.05) is 0 Å². The molecule has 0 atom stereocenters. The molecule has 13 nitrogen and oxygen atoms in total. The van der Waals surface area contributed by atoms with Crippen molar-refractivity contribution in [1.82, 2.24) is 0 Å². The van der Waals surface area contributed by atoms with Gasteiger partial charge in [0.05, 0.1) is 0 Å². The van der Waals surface area contributed by atoms with Crippen LogP contribution in [-0.4, -0.2) is 0 Å². The molecule has 0 aromatic rings. The quantitative estimate of drug-likeness (QED) is 0.220. The van der Waals surface area contributed by atoms with E-state index in [1.54, 1.807) is 19.6 Å². The summed E-state index contributed by atoms with van der Waals surface area (Å²) in [4.78, 5) is 7.00. The van der Waals surface area contributed by atoms with Gasteiger partial charge in [-0.2, -0.15) is 0 Å². The Balaban J connectivity index is -0.0000000243. The monoisotopic (exact) mass is 284 g/mol. The third-order valence-corrected chi connectivity index (χ3v) is 0. The molecular weight excluding hydrogens is 278 g/mol. The van der Waals surface area contributed by atoms with E-state index in [0.29, 0.717) is 0 Å². The van der Waals surface area contributed by atoms with Crippen molar-refractivity contribution in [2.24, 2.45) is 0 Å². The van der Waals surface area contributed by atoms with Crippen LogP contribution >= 0.6 is 0 Å². The number of rotatable bonds is 0. The van der Waals surface area contributed by atoms with Crippen LogP contribution in [0.15, 0.2) is 0 Å². The van der Waals surface area contributed by atoms with Crippen LogP contribution in [0.4, 0.5) is 0 Å². The minimum atomic E-state index is 0.950. The van der Waals surface area contributed by atoms with Gasteiger partial charge in [-0.05, 0) is 41.8 Å². The molecule has 0 spiro atoms. The Bertz CT molecular complexity index is 169. The SMILES string of the molecule is [N-]=[N+]=N.[N-]=[N+]=N.[N-]=[N+]=N.[N-]=[N+]=N.[N]#[Mo]. The molecule has 0 unspecified atom stereocenters. The molecule has 0 aliphatic heterocycles. The van der Waals surface area contributed by atoms with E-state index in [2.05, 4.69) is 0 Å². The van der Waals surface area contributed by atoms with E-state index in [-0.39, 0.29) is 0 Å². The number of nitrogens with zero attached hydrogens (tertiary/aromatic N) is 9. The third-order valence-electron chi connectivity index (χ3n) is 0. The van der Waals surface area contributed by atoms with Crippen molar-refractivity contribution in [2.75, 3.05) is 0 Å². The van der Waals surface area contributed by atoms with Gasteiger partial charge >= 0.3 is 23.2 Å². The molecule has 0 radical (unpaired) electrons. The van der Waals surface area contributed by atoms with Crippen LogP contribution in [0, 0.1) is 25.9 Å². The van der Waals surface area contributed by atoms with Crippen LogP contribution in [0.2, 0.25) is 0 Å². The average Bonchev–Trinajstić information content (AvgIpc) is 2.12. The Morgan fingerprint density at radius 1 is 0.643 bits per heavy atom. The second-order valence-corrected chi connectivity index (χ2v) is 0.400. The van der Waals surface area contributed by atoms with Crippen LogP contribution in [0.25, 0.3) is 41.8 Å². The minimum absolute atomic E-state index is 0.950. The molecule has 0 amide bonds. The molecule has 0 fully saturated rings. The summed E-state index contributed by atoms with van der Waals surface area (Å²) >= 11 is 0.950. The molecule has 0 aliphatic carbocycles. The zero-order chi connectivity index (χ0) is 12.8. The predicted molar refractivity (Wildman–Crippen MR) is 39.5 cm³/mol. The van der Waals surface area contributed by atoms with Crippen LogP contribution in [-0.2, 0) is 19.4 Å². The Kier molecular flexibility index (Phi) is 786. The molecule has 14 heavy (non-hydrogen) atoms. The Morgan fingerprint density at radius 3 is 0.643 bits per heavy atom. The van der Waals surface area contributed by atoms with Crippen LogP contribution in [0.5, 0.6) is 0 Å². The summed E-state index contributed by atoms with van der Waals surface area (Å²) in [6.45, 7) is 0. The van der Waals surface area contributed by atoms with E-state index in [4.69, 9.17) is 48.0 Å². The summed E-state index contributed by atoms with van der Waals surface area (Å²) in [6, 6.07) is 0. The predicted octanol–water partition coefficient (Wildman–Crippen LogP) is 3.51. The van der Waals surface area contributed by atoms with E-state index >= 15 is 0 Å². The molecular formula is H4MoN13. The van der Waals surface area contributed by atoms with Crippen LogP contribution in [0.1, 0.15) is 0 Å². The van der Waals surface area contributed by atoms with E-state index in [1.165, 1.54) is 0 Å². The van der Waals surface area contributed by atoms with Crippen molar-refractivity contribution < 1.29 is 19.4 Å². The van der Waals surface area contributed by atoms with Crippen LogP contribution < -0.4 is 0 Å². The summed E-state index contributed by atoms with van der Waals surface area (Å²) in [6.07, 6.45) is 0. The molecule has 0 saturated carbocycles. The zero-order valence-corrected chi connectivity index (χ0v) is 8.44. The van der Waals surface area contributed by atoms with Crippen molar-refractivity contribution in [1.29, 1.82) is 25.9 Å². The molecule has 0 aromatic carbocycles. The van der Waals surface area contributed by atoms with Gasteiger partial charge in [0.15, 0.2) is 0 Å². The van der Waals surface area contributed by atoms with Crippen molar-refractivity contribution in [3.63, 3.8) is 0 Å². The molecule has 75 valence electrons. The van der Waals surface area contributed by atoms with Gasteiger partial charge in [-0.3, -0.25) is 0 Å². The van der Waals surface area contributed by atoms with Crippen molar-refractivity contribution in [2.45, 2.75) is 0 Å². The number of nitrogens with one attached hydrogen (secondary N) is 4. The molecule has 4 N–H and O–H groups in total. The molecule has 0 bridgehead atoms. The van der Waals surface area contributed by atoms with E-state index < -0.39 is 0 Å². The van der Waals surface area contributed by atoms with Crippen molar-refractivity contribution in [3.05, 3.63) is 41.8 Å². The standard InChI is InChI=1S/Mo.4HN3.N/c;4*1-3-2;/h;4*1H;. The molecule has 14 heteroatoms. The van der Waals surface area contributed by atoms with Gasteiger partial charge in [-0.25, -0.2) is 0 Å². The number of hydrogen-bond acceptors (Lipinski definition) is 5. The first-order valence-electron chi connectivity index (χ1n) is 1.88. The molecule has 0 aliphatic rings. The normalized spacial score (nSPS) is 2.43. The fraction of sp³-hybridized carbons (Fsp3) is 0. The summed E-state index contributed by atoms with van der Waals surface area (Å²) in [5.74, 6) is 0. The maximum absolute atomic E-state index is 7.01. The first-order valence-corrected chi connectivity index (χ1v) is 2.77. The first-order chi connectivity index (χ1) is 6.66. The topological polar surface area (TPSA) is 265 Å². The zero-order valence-electron chi connectivity index (χ0n) is 6.43. The molecule has 0 saturated heterocycles. The summed E-state index contributed by atoms with van der Waals surface area (Å²) in [5, 5.41) is 0. The first kappa shape index (κ1) is 29.9. The average molecular weight is 282 g/mol.